The minimum absolute atomic E-state index is 0.0488. The zero-order valence-electron chi connectivity index (χ0n) is 17.1. The molecule has 0 radical (unpaired) electrons. The number of piperidine rings is 1. The molecule has 3 rings (SSSR count). The van der Waals surface area contributed by atoms with Crippen LogP contribution < -0.4 is 0 Å². The standard InChI is InChI=1S/C21H26N2O5S2/c1-14(12-29-15(2)24)18(25)23-17(20(27)28)13-30-21(23)8-10-22(11-9-21)19(26)16-6-4-3-5-7-16/h3-7,14,17H,8-13H2,1-2H3,(H,27,28). The molecule has 2 aliphatic heterocycles. The first-order valence-electron chi connectivity index (χ1n) is 9.93. The molecular weight excluding hydrogens is 424 g/mol. The summed E-state index contributed by atoms with van der Waals surface area (Å²) in [5.41, 5.74) is 0.624. The molecule has 2 aliphatic rings. The first-order valence-corrected chi connectivity index (χ1v) is 11.9. The van der Waals surface area contributed by atoms with Gasteiger partial charge in [0.2, 0.25) is 5.91 Å². The number of nitrogens with zero attached hydrogens (tertiary/aromatic N) is 2. The first kappa shape index (κ1) is 22.7. The Bertz CT molecular complexity index is 824. The van der Waals surface area contributed by atoms with Crippen molar-refractivity contribution >= 4 is 46.4 Å². The molecule has 0 saturated carbocycles. The normalized spacial score (nSPS) is 21.5. The third-order valence-electron chi connectivity index (χ3n) is 5.59. The maximum absolute atomic E-state index is 13.2. The lowest BCUT2D eigenvalue weighted by atomic mass is 9.98. The molecule has 1 aromatic rings. The number of hydrogen-bond acceptors (Lipinski definition) is 6. The van der Waals surface area contributed by atoms with Gasteiger partial charge in [0.1, 0.15) is 6.04 Å². The number of likely N-dealkylation sites (tertiary alicyclic amines) is 1. The number of rotatable bonds is 5. The van der Waals surface area contributed by atoms with E-state index in [4.69, 9.17) is 0 Å². The smallest absolute Gasteiger partial charge is 0.327 e. The summed E-state index contributed by atoms with van der Waals surface area (Å²) >= 11 is 2.58. The molecular formula is C21H26N2O5S2. The molecule has 162 valence electrons. The Kier molecular flexibility index (Phi) is 7.13. The molecule has 0 aliphatic carbocycles. The summed E-state index contributed by atoms with van der Waals surface area (Å²) in [6.45, 7) is 4.12. The number of carbonyl (C=O) groups is 4. The second-order valence-electron chi connectivity index (χ2n) is 7.68. The highest BCUT2D eigenvalue weighted by Gasteiger charge is 2.54. The van der Waals surface area contributed by atoms with Crippen LogP contribution in [0.15, 0.2) is 30.3 Å². The SMILES string of the molecule is CC(=O)SCC(C)C(=O)N1C(C(=O)O)CSC12CCN(C(=O)c1ccccc1)CC2. The van der Waals surface area contributed by atoms with E-state index in [1.807, 2.05) is 18.2 Å². The van der Waals surface area contributed by atoms with Gasteiger partial charge >= 0.3 is 5.97 Å². The topological polar surface area (TPSA) is 95.0 Å². The number of hydrogen-bond donors (Lipinski definition) is 1. The van der Waals surface area contributed by atoms with Gasteiger partial charge in [-0.15, -0.1) is 11.8 Å². The molecule has 1 N–H and O–H groups in total. The van der Waals surface area contributed by atoms with Crippen LogP contribution in [0.5, 0.6) is 0 Å². The minimum atomic E-state index is -1.01. The van der Waals surface area contributed by atoms with E-state index in [1.54, 1.807) is 24.0 Å². The Morgan fingerprint density at radius 3 is 2.40 bits per heavy atom. The van der Waals surface area contributed by atoms with Crippen LogP contribution in [0.4, 0.5) is 0 Å². The average Bonchev–Trinajstić information content (AvgIpc) is 3.11. The van der Waals surface area contributed by atoms with Crippen molar-refractivity contribution in [2.45, 2.75) is 37.6 Å². The highest BCUT2D eigenvalue weighted by atomic mass is 32.2. The Hall–Kier alpha value is -2.00. The van der Waals surface area contributed by atoms with Crippen LogP contribution >= 0.6 is 23.5 Å². The summed E-state index contributed by atoms with van der Waals surface area (Å²) in [6.07, 6.45) is 1.05. The molecule has 30 heavy (non-hydrogen) atoms. The van der Waals surface area contributed by atoms with E-state index in [9.17, 15) is 24.3 Å². The van der Waals surface area contributed by atoms with Crippen LogP contribution in [0.25, 0.3) is 0 Å². The van der Waals surface area contributed by atoms with Crippen LogP contribution in [0.1, 0.15) is 37.0 Å². The van der Waals surface area contributed by atoms with Crippen molar-refractivity contribution in [3.63, 3.8) is 0 Å². The van der Waals surface area contributed by atoms with Crippen molar-refractivity contribution < 1.29 is 24.3 Å². The molecule has 0 bridgehead atoms. The van der Waals surface area contributed by atoms with Crippen LogP contribution in [0.2, 0.25) is 0 Å². The summed E-state index contributed by atoms with van der Waals surface area (Å²) < 4.78 is 0. The van der Waals surface area contributed by atoms with E-state index in [0.717, 1.165) is 11.8 Å². The molecule has 7 nitrogen and oxygen atoms in total. The van der Waals surface area contributed by atoms with Crippen molar-refractivity contribution in [3.05, 3.63) is 35.9 Å². The number of carboxylic acid groups (broad SMARTS) is 1. The quantitative estimate of drug-likeness (QED) is 0.737. The molecule has 2 unspecified atom stereocenters. The molecule has 2 atom stereocenters. The van der Waals surface area contributed by atoms with Gasteiger partial charge in [-0.1, -0.05) is 36.9 Å². The van der Waals surface area contributed by atoms with Gasteiger partial charge in [-0.3, -0.25) is 14.4 Å². The van der Waals surface area contributed by atoms with Gasteiger partial charge < -0.3 is 14.9 Å². The van der Waals surface area contributed by atoms with Gasteiger partial charge in [-0.2, -0.15) is 0 Å². The second-order valence-corrected chi connectivity index (χ2v) is 10.3. The van der Waals surface area contributed by atoms with E-state index in [0.29, 0.717) is 43.0 Å². The van der Waals surface area contributed by atoms with Crippen molar-refractivity contribution in [1.29, 1.82) is 0 Å². The summed E-state index contributed by atoms with van der Waals surface area (Å²) in [5.74, 6) is -1.09. The number of aliphatic carboxylic acids is 1. The molecule has 2 saturated heterocycles. The Morgan fingerprint density at radius 1 is 1.20 bits per heavy atom. The fourth-order valence-corrected chi connectivity index (χ4v) is 6.17. The molecule has 2 amide bonds. The zero-order chi connectivity index (χ0) is 21.9. The van der Waals surface area contributed by atoms with E-state index in [1.165, 1.54) is 23.6 Å². The molecule has 0 aromatic heterocycles. The lowest BCUT2D eigenvalue weighted by Gasteiger charge is -2.45. The number of carboxylic acids is 1. The van der Waals surface area contributed by atoms with Gasteiger partial charge in [0.05, 0.1) is 4.87 Å². The average molecular weight is 451 g/mol. The van der Waals surface area contributed by atoms with Gasteiger partial charge in [-0.05, 0) is 25.0 Å². The highest BCUT2D eigenvalue weighted by molar-refractivity contribution is 8.13. The van der Waals surface area contributed by atoms with E-state index >= 15 is 0 Å². The summed E-state index contributed by atoms with van der Waals surface area (Å²) in [4.78, 5) is 51.8. The van der Waals surface area contributed by atoms with Crippen LogP contribution in [-0.2, 0) is 14.4 Å². The van der Waals surface area contributed by atoms with E-state index < -0.39 is 22.8 Å². The monoisotopic (exact) mass is 450 g/mol. The Balaban J connectivity index is 1.75. The maximum Gasteiger partial charge on any atom is 0.327 e. The van der Waals surface area contributed by atoms with Crippen LogP contribution in [0.3, 0.4) is 0 Å². The van der Waals surface area contributed by atoms with Crippen molar-refractivity contribution in [2.75, 3.05) is 24.6 Å². The summed E-state index contributed by atoms with van der Waals surface area (Å²) in [7, 11) is 0. The first-order chi connectivity index (χ1) is 14.2. The zero-order valence-corrected chi connectivity index (χ0v) is 18.7. The molecule has 1 spiro atoms. The fraction of sp³-hybridized carbons (Fsp3) is 0.524. The molecule has 2 heterocycles. The van der Waals surface area contributed by atoms with E-state index in [-0.39, 0.29) is 16.9 Å². The maximum atomic E-state index is 13.2. The Morgan fingerprint density at radius 2 is 1.83 bits per heavy atom. The highest BCUT2D eigenvalue weighted by Crippen LogP contribution is 2.47. The number of amides is 2. The predicted molar refractivity (Wildman–Crippen MR) is 117 cm³/mol. The third kappa shape index (κ3) is 4.67. The fourth-order valence-electron chi connectivity index (χ4n) is 3.96. The molecule has 2 fully saturated rings. The van der Waals surface area contributed by atoms with Crippen LogP contribution in [-0.4, -0.2) is 73.3 Å². The van der Waals surface area contributed by atoms with Crippen molar-refractivity contribution in [1.82, 2.24) is 9.80 Å². The van der Waals surface area contributed by atoms with Crippen molar-refractivity contribution in [3.8, 4) is 0 Å². The Labute approximate surface area is 184 Å². The third-order valence-corrected chi connectivity index (χ3v) is 8.29. The number of carbonyl (C=O) groups excluding carboxylic acids is 3. The minimum Gasteiger partial charge on any atom is -0.480 e. The van der Waals surface area contributed by atoms with Gasteiger partial charge in [0.25, 0.3) is 5.91 Å². The molecule has 1 aromatic carbocycles. The number of benzene rings is 1. The van der Waals surface area contributed by atoms with E-state index in [2.05, 4.69) is 0 Å². The lowest BCUT2D eigenvalue weighted by molar-refractivity contribution is -0.153. The molecule has 9 heteroatoms. The predicted octanol–water partition coefficient (Wildman–Crippen LogP) is 2.56. The van der Waals surface area contributed by atoms with Gasteiger partial charge in [0.15, 0.2) is 5.12 Å². The lowest BCUT2D eigenvalue weighted by Crippen LogP contribution is -2.58. The van der Waals surface area contributed by atoms with Crippen LogP contribution in [0, 0.1) is 5.92 Å². The second kappa shape index (κ2) is 9.43. The van der Waals surface area contributed by atoms with Gasteiger partial charge in [0, 0.05) is 43.0 Å². The largest absolute Gasteiger partial charge is 0.480 e. The van der Waals surface area contributed by atoms with Gasteiger partial charge in [-0.25, -0.2) is 4.79 Å². The summed E-state index contributed by atoms with van der Waals surface area (Å²) in [6, 6.07) is 8.18. The van der Waals surface area contributed by atoms with Crippen molar-refractivity contribution in [2.24, 2.45) is 5.92 Å². The summed E-state index contributed by atoms with van der Waals surface area (Å²) in [5, 5.41) is 9.64. The number of thioether (sulfide) groups is 2.